The molecule has 4 aromatic rings. The van der Waals surface area contributed by atoms with E-state index in [1.807, 2.05) is 28.5 Å². The van der Waals surface area contributed by atoms with Gasteiger partial charge in [-0.15, -0.1) is 5.10 Å². The van der Waals surface area contributed by atoms with Gasteiger partial charge in [0.2, 0.25) is 0 Å². The summed E-state index contributed by atoms with van der Waals surface area (Å²) in [6, 6.07) is 4.37. The Kier molecular flexibility index (Phi) is 3.68. The van der Waals surface area contributed by atoms with E-state index in [0.29, 0.717) is 13.2 Å². The summed E-state index contributed by atoms with van der Waals surface area (Å²) < 4.78 is 9.34. The lowest BCUT2D eigenvalue weighted by Crippen LogP contribution is -2.44. The number of rotatable bonds is 3. The predicted octanol–water partition coefficient (Wildman–Crippen LogP) is 1.74. The molecular formula is C18H20N8O. The summed E-state index contributed by atoms with van der Waals surface area (Å²) in [4.78, 5) is 14.1. The molecule has 138 valence electrons. The largest absolute Gasteiger partial charge is 0.377 e. The number of H-pyrrole nitrogens is 1. The van der Waals surface area contributed by atoms with Crippen molar-refractivity contribution in [1.29, 1.82) is 0 Å². The lowest BCUT2D eigenvalue weighted by atomic mass is 10.1. The second-order valence-corrected chi connectivity index (χ2v) is 6.72. The van der Waals surface area contributed by atoms with Crippen LogP contribution in [0, 0.1) is 0 Å². The van der Waals surface area contributed by atoms with Gasteiger partial charge < -0.3 is 14.6 Å². The second kappa shape index (κ2) is 6.20. The summed E-state index contributed by atoms with van der Waals surface area (Å²) in [6.07, 6.45) is 7.05. The number of nitrogens with zero attached hydrogens (tertiary/aromatic N) is 7. The quantitative estimate of drug-likeness (QED) is 0.596. The van der Waals surface area contributed by atoms with Crippen LogP contribution in [0.4, 0.5) is 5.82 Å². The number of hydrogen-bond donors (Lipinski definition) is 1. The molecule has 9 heteroatoms. The highest BCUT2D eigenvalue weighted by atomic mass is 16.5. The van der Waals surface area contributed by atoms with Crippen molar-refractivity contribution in [3.8, 4) is 22.8 Å². The van der Waals surface area contributed by atoms with Crippen molar-refractivity contribution in [3.63, 3.8) is 0 Å². The van der Waals surface area contributed by atoms with E-state index in [2.05, 4.69) is 37.9 Å². The molecule has 1 aliphatic rings. The smallest absolute Gasteiger partial charge is 0.179 e. The fraction of sp³-hybridized carbons (Fsp3) is 0.333. The number of imidazole rings is 2. The van der Waals surface area contributed by atoms with Crippen LogP contribution in [0.5, 0.6) is 0 Å². The summed E-state index contributed by atoms with van der Waals surface area (Å²) in [5.74, 6) is 1.63. The van der Waals surface area contributed by atoms with E-state index >= 15 is 0 Å². The van der Waals surface area contributed by atoms with E-state index in [-0.39, 0.29) is 6.04 Å². The molecule has 1 atom stereocenters. The average Bonchev–Trinajstić information content (AvgIpc) is 3.41. The monoisotopic (exact) mass is 364 g/mol. The predicted molar refractivity (Wildman–Crippen MR) is 100 cm³/mol. The molecule has 1 fully saturated rings. The van der Waals surface area contributed by atoms with Gasteiger partial charge in [-0.25, -0.2) is 14.5 Å². The molecule has 1 N–H and O–H groups in total. The molecule has 0 aromatic carbocycles. The lowest BCUT2D eigenvalue weighted by molar-refractivity contribution is 0.0984. The fourth-order valence-electron chi connectivity index (χ4n) is 3.58. The van der Waals surface area contributed by atoms with Gasteiger partial charge >= 0.3 is 0 Å². The zero-order valence-corrected chi connectivity index (χ0v) is 15.2. The molecule has 0 unspecified atom stereocenters. The maximum Gasteiger partial charge on any atom is 0.179 e. The first kappa shape index (κ1) is 16.0. The van der Waals surface area contributed by atoms with E-state index in [9.17, 15) is 0 Å². The first-order chi connectivity index (χ1) is 13.2. The van der Waals surface area contributed by atoms with Crippen LogP contribution in [-0.2, 0) is 11.8 Å². The summed E-state index contributed by atoms with van der Waals surface area (Å²) in [6.45, 7) is 4.34. The third-order valence-electron chi connectivity index (χ3n) is 4.99. The van der Waals surface area contributed by atoms with Gasteiger partial charge in [0.15, 0.2) is 11.6 Å². The number of aromatic nitrogens is 7. The van der Waals surface area contributed by atoms with E-state index in [1.165, 1.54) is 0 Å². The highest BCUT2D eigenvalue weighted by Gasteiger charge is 2.24. The van der Waals surface area contributed by atoms with Crippen molar-refractivity contribution in [2.75, 3.05) is 24.7 Å². The summed E-state index contributed by atoms with van der Waals surface area (Å²) in [5, 5.41) is 9.24. The fourth-order valence-corrected chi connectivity index (χ4v) is 3.58. The minimum atomic E-state index is 0.252. The number of aryl methyl sites for hydroxylation is 1. The van der Waals surface area contributed by atoms with Crippen LogP contribution in [-0.4, -0.2) is 60.1 Å². The highest BCUT2D eigenvalue weighted by molar-refractivity contribution is 5.81. The second-order valence-electron chi connectivity index (χ2n) is 6.72. The lowest BCUT2D eigenvalue weighted by Gasteiger charge is -2.34. The number of anilines is 1. The van der Waals surface area contributed by atoms with Crippen LogP contribution >= 0.6 is 0 Å². The Labute approximate surface area is 155 Å². The van der Waals surface area contributed by atoms with Crippen molar-refractivity contribution >= 4 is 11.3 Å². The van der Waals surface area contributed by atoms with Gasteiger partial charge in [0.1, 0.15) is 5.69 Å². The van der Waals surface area contributed by atoms with Crippen LogP contribution < -0.4 is 4.90 Å². The Morgan fingerprint density at radius 1 is 1.30 bits per heavy atom. The molecular weight excluding hydrogens is 344 g/mol. The SMILES string of the molecule is C[C@@H]1COCCN1c1cc(-c2ccnn2C)c2cnc(-c3cnc[nH]3)n2n1. The van der Waals surface area contributed by atoms with E-state index in [4.69, 9.17) is 9.84 Å². The third kappa shape index (κ3) is 2.58. The Bertz CT molecular complexity index is 1080. The molecule has 5 heterocycles. The molecule has 0 radical (unpaired) electrons. The first-order valence-electron chi connectivity index (χ1n) is 8.92. The van der Waals surface area contributed by atoms with Crippen LogP contribution in [0.15, 0.2) is 37.1 Å². The van der Waals surface area contributed by atoms with Crippen LogP contribution in [0.1, 0.15) is 6.92 Å². The Balaban J connectivity index is 1.76. The van der Waals surface area contributed by atoms with Gasteiger partial charge in [-0.3, -0.25) is 4.68 Å². The van der Waals surface area contributed by atoms with Crippen LogP contribution in [0.25, 0.3) is 28.3 Å². The molecule has 1 aliphatic heterocycles. The Morgan fingerprint density at radius 2 is 2.22 bits per heavy atom. The van der Waals surface area contributed by atoms with Gasteiger partial charge in [0.05, 0.1) is 49.2 Å². The van der Waals surface area contributed by atoms with Gasteiger partial charge in [-0.05, 0) is 19.1 Å². The summed E-state index contributed by atoms with van der Waals surface area (Å²) >= 11 is 0. The summed E-state index contributed by atoms with van der Waals surface area (Å²) in [7, 11) is 1.94. The van der Waals surface area contributed by atoms with Crippen molar-refractivity contribution in [2.45, 2.75) is 13.0 Å². The number of nitrogens with one attached hydrogen (secondary N) is 1. The molecule has 1 saturated heterocycles. The molecule has 0 bridgehead atoms. The number of aromatic amines is 1. The standard InChI is InChI=1S/C18H20N8O/c1-12-10-27-6-5-25(12)17-7-13(15-3-4-22-24(15)2)16-9-20-18(26(16)23-17)14-8-19-11-21-14/h3-4,7-9,11-12H,5-6,10H2,1-2H3,(H,19,21)/t12-/m1/s1. The van der Waals surface area contributed by atoms with Crippen molar-refractivity contribution in [3.05, 3.63) is 37.1 Å². The van der Waals surface area contributed by atoms with E-state index in [1.54, 1.807) is 18.7 Å². The zero-order valence-electron chi connectivity index (χ0n) is 15.2. The van der Waals surface area contributed by atoms with E-state index in [0.717, 1.165) is 40.7 Å². The minimum absolute atomic E-state index is 0.252. The average molecular weight is 364 g/mol. The topological polar surface area (TPSA) is 89.2 Å². The molecule has 0 aliphatic carbocycles. The molecule has 0 spiro atoms. The molecule has 4 aromatic heterocycles. The van der Waals surface area contributed by atoms with E-state index < -0.39 is 0 Å². The van der Waals surface area contributed by atoms with Crippen LogP contribution in [0.3, 0.4) is 0 Å². The van der Waals surface area contributed by atoms with Crippen molar-refractivity contribution in [2.24, 2.45) is 7.05 Å². The molecule has 27 heavy (non-hydrogen) atoms. The number of fused-ring (bicyclic) bond motifs is 1. The first-order valence-corrected chi connectivity index (χ1v) is 8.92. The highest BCUT2D eigenvalue weighted by Crippen LogP contribution is 2.31. The number of ether oxygens (including phenoxy) is 1. The summed E-state index contributed by atoms with van der Waals surface area (Å²) in [5.41, 5.74) is 3.80. The normalized spacial score (nSPS) is 17.7. The molecule has 9 nitrogen and oxygen atoms in total. The van der Waals surface area contributed by atoms with Gasteiger partial charge in [-0.2, -0.15) is 5.10 Å². The van der Waals surface area contributed by atoms with Crippen molar-refractivity contribution < 1.29 is 4.74 Å². The zero-order chi connectivity index (χ0) is 18.4. The van der Waals surface area contributed by atoms with Crippen LogP contribution in [0.2, 0.25) is 0 Å². The molecule has 5 rings (SSSR count). The van der Waals surface area contributed by atoms with Gasteiger partial charge in [0.25, 0.3) is 0 Å². The Morgan fingerprint density at radius 3 is 2.96 bits per heavy atom. The maximum atomic E-state index is 5.59. The van der Waals surface area contributed by atoms with Gasteiger partial charge in [-0.1, -0.05) is 0 Å². The Hall–Kier alpha value is -3.20. The maximum absolute atomic E-state index is 5.59. The van der Waals surface area contributed by atoms with Crippen molar-refractivity contribution in [1.82, 2.24) is 34.3 Å². The third-order valence-corrected chi connectivity index (χ3v) is 4.99. The van der Waals surface area contributed by atoms with Gasteiger partial charge in [0, 0.05) is 25.4 Å². The number of morpholine rings is 1. The molecule has 0 saturated carbocycles. The molecule has 0 amide bonds. The number of hydrogen-bond acceptors (Lipinski definition) is 6. The minimum Gasteiger partial charge on any atom is -0.377 e.